The molecule has 4 rings (SSSR count). The van der Waals surface area contributed by atoms with Gasteiger partial charge in [0.15, 0.2) is 5.11 Å². The first-order valence-electron chi connectivity index (χ1n) is 12.0. The average Bonchev–Trinajstić information content (AvgIpc) is 2.89. The summed E-state index contributed by atoms with van der Waals surface area (Å²) >= 11 is 5.82. The highest BCUT2D eigenvalue weighted by molar-refractivity contribution is 7.80. The van der Waals surface area contributed by atoms with Crippen LogP contribution in [-0.2, 0) is 19.0 Å². The van der Waals surface area contributed by atoms with Crippen LogP contribution < -0.4 is 19.9 Å². The van der Waals surface area contributed by atoms with Gasteiger partial charge in [0.25, 0.3) is 0 Å². The summed E-state index contributed by atoms with van der Waals surface area (Å²) in [7, 11) is 3.19. The van der Waals surface area contributed by atoms with Gasteiger partial charge < -0.3 is 29.2 Å². The van der Waals surface area contributed by atoms with Crippen LogP contribution in [0.5, 0.6) is 5.75 Å². The average molecular weight is 512 g/mol. The van der Waals surface area contributed by atoms with E-state index in [4.69, 9.17) is 31.2 Å². The van der Waals surface area contributed by atoms with Gasteiger partial charge in [-0.1, -0.05) is 18.2 Å². The normalized spacial score (nSPS) is 18.2. The summed E-state index contributed by atoms with van der Waals surface area (Å²) in [6, 6.07) is 13.6. The molecule has 192 valence electrons. The number of aryl methyl sites for hydroxylation is 1. The van der Waals surface area contributed by atoms with Crippen LogP contribution in [0.3, 0.4) is 0 Å². The molecule has 2 aromatic carbocycles. The summed E-state index contributed by atoms with van der Waals surface area (Å²) in [5.41, 5.74) is 5.02. The third kappa shape index (κ3) is 5.48. The zero-order valence-electron chi connectivity index (χ0n) is 21.2. The summed E-state index contributed by atoms with van der Waals surface area (Å²) in [5, 5.41) is 3.86. The van der Waals surface area contributed by atoms with Crippen molar-refractivity contribution < 1.29 is 23.7 Å². The van der Waals surface area contributed by atoms with Gasteiger partial charge in [-0.15, -0.1) is 0 Å². The first-order valence-corrected chi connectivity index (χ1v) is 12.4. The van der Waals surface area contributed by atoms with Crippen molar-refractivity contribution in [3.05, 3.63) is 64.9 Å². The Balaban J connectivity index is 1.73. The number of hydrogen-bond donors (Lipinski definition) is 1. The van der Waals surface area contributed by atoms with E-state index in [-0.39, 0.29) is 6.61 Å². The Kier molecular flexibility index (Phi) is 8.45. The fraction of sp³-hybridized carbons (Fsp3) is 0.407. The van der Waals surface area contributed by atoms with Crippen LogP contribution in [0.2, 0.25) is 0 Å². The number of esters is 1. The molecule has 1 atom stereocenters. The second kappa shape index (κ2) is 11.7. The molecule has 0 amide bonds. The third-order valence-corrected chi connectivity index (χ3v) is 6.70. The number of ether oxygens (including phenoxy) is 4. The summed E-state index contributed by atoms with van der Waals surface area (Å²) < 4.78 is 21.7. The van der Waals surface area contributed by atoms with Crippen molar-refractivity contribution in [2.75, 3.05) is 63.5 Å². The Bertz CT molecular complexity index is 1130. The minimum Gasteiger partial charge on any atom is -0.495 e. The van der Waals surface area contributed by atoms with Crippen LogP contribution in [-0.4, -0.2) is 64.8 Å². The molecule has 1 saturated heterocycles. The zero-order chi connectivity index (χ0) is 25.7. The molecule has 2 aromatic rings. The van der Waals surface area contributed by atoms with E-state index in [9.17, 15) is 4.79 Å². The van der Waals surface area contributed by atoms with E-state index in [2.05, 4.69) is 22.3 Å². The summed E-state index contributed by atoms with van der Waals surface area (Å²) in [5.74, 6) is 0.239. The Morgan fingerprint density at radius 1 is 1.08 bits per heavy atom. The standard InChI is InChI=1S/C27H33N3O5S/c1-18-5-10-23(33-4)22(17-18)30-19(2)24(26(31)35-16-15-32-3)25(28-27(30)36)20-6-8-21(9-7-20)29-11-13-34-14-12-29/h5-10,17,25H,11-16H2,1-4H3,(H,28,36). The van der Waals surface area contributed by atoms with Gasteiger partial charge in [0.2, 0.25) is 0 Å². The largest absolute Gasteiger partial charge is 0.495 e. The number of nitrogens with zero attached hydrogens (tertiary/aromatic N) is 2. The molecule has 0 saturated carbocycles. The number of morpholine rings is 1. The highest BCUT2D eigenvalue weighted by atomic mass is 32.1. The Labute approximate surface area is 217 Å². The molecule has 0 aromatic heterocycles. The van der Waals surface area contributed by atoms with Crippen molar-refractivity contribution in [1.29, 1.82) is 0 Å². The maximum atomic E-state index is 13.4. The molecular formula is C27H33N3O5S. The van der Waals surface area contributed by atoms with Crippen LogP contribution in [0.4, 0.5) is 11.4 Å². The molecular weight excluding hydrogens is 478 g/mol. The maximum Gasteiger partial charge on any atom is 0.338 e. The quantitative estimate of drug-likeness (QED) is 0.324. The van der Waals surface area contributed by atoms with Crippen molar-refractivity contribution in [3.63, 3.8) is 0 Å². The summed E-state index contributed by atoms with van der Waals surface area (Å²) in [6.45, 7) is 7.52. The number of carbonyl (C=O) groups excluding carboxylic acids is 1. The fourth-order valence-corrected chi connectivity index (χ4v) is 4.87. The predicted octanol–water partition coefficient (Wildman–Crippen LogP) is 3.74. The third-order valence-electron chi connectivity index (χ3n) is 6.40. The van der Waals surface area contributed by atoms with Crippen LogP contribution in [0.15, 0.2) is 53.7 Å². The minimum absolute atomic E-state index is 0.160. The van der Waals surface area contributed by atoms with E-state index in [1.165, 1.54) is 0 Å². The summed E-state index contributed by atoms with van der Waals surface area (Å²) in [6.07, 6.45) is 0. The molecule has 2 aliphatic rings. The predicted molar refractivity (Wildman–Crippen MR) is 144 cm³/mol. The van der Waals surface area contributed by atoms with Crippen LogP contribution in [0.25, 0.3) is 0 Å². The van der Waals surface area contributed by atoms with Crippen molar-refractivity contribution in [1.82, 2.24) is 5.32 Å². The lowest BCUT2D eigenvalue weighted by Gasteiger charge is -2.38. The first kappa shape index (κ1) is 25.9. The van der Waals surface area contributed by atoms with Gasteiger partial charge in [0, 0.05) is 31.6 Å². The van der Waals surface area contributed by atoms with E-state index in [1.54, 1.807) is 14.2 Å². The molecule has 1 unspecified atom stereocenters. The van der Waals surface area contributed by atoms with E-state index >= 15 is 0 Å². The van der Waals surface area contributed by atoms with E-state index < -0.39 is 12.0 Å². The number of methoxy groups -OCH3 is 2. The molecule has 1 fully saturated rings. The number of rotatable bonds is 8. The highest BCUT2D eigenvalue weighted by Gasteiger charge is 2.36. The number of benzene rings is 2. The van der Waals surface area contributed by atoms with Crippen LogP contribution in [0, 0.1) is 6.92 Å². The molecule has 1 N–H and O–H groups in total. The molecule has 0 aliphatic carbocycles. The van der Waals surface area contributed by atoms with Gasteiger partial charge >= 0.3 is 5.97 Å². The van der Waals surface area contributed by atoms with Gasteiger partial charge in [-0.3, -0.25) is 4.90 Å². The molecule has 0 radical (unpaired) electrons. The Morgan fingerprint density at radius 3 is 2.47 bits per heavy atom. The first-order chi connectivity index (χ1) is 17.4. The van der Waals surface area contributed by atoms with Crippen molar-refractivity contribution in [2.24, 2.45) is 0 Å². The Hall–Kier alpha value is -3.14. The number of thiocarbonyl (C=S) groups is 1. The van der Waals surface area contributed by atoms with E-state index in [0.29, 0.717) is 28.7 Å². The van der Waals surface area contributed by atoms with Gasteiger partial charge in [-0.25, -0.2) is 4.79 Å². The molecule has 2 aliphatic heterocycles. The lowest BCUT2D eigenvalue weighted by Crippen LogP contribution is -2.48. The molecule has 8 nitrogen and oxygen atoms in total. The van der Waals surface area contributed by atoms with Gasteiger partial charge in [-0.2, -0.15) is 0 Å². The maximum absolute atomic E-state index is 13.4. The van der Waals surface area contributed by atoms with Crippen molar-refractivity contribution in [2.45, 2.75) is 19.9 Å². The highest BCUT2D eigenvalue weighted by Crippen LogP contribution is 2.38. The van der Waals surface area contributed by atoms with E-state index in [1.807, 2.05) is 49.1 Å². The molecule has 36 heavy (non-hydrogen) atoms. The number of hydrogen-bond acceptors (Lipinski definition) is 7. The fourth-order valence-electron chi connectivity index (χ4n) is 4.52. The number of allylic oxidation sites excluding steroid dienone is 1. The van der Waals surface area contributed by atoms with Gasteiger partial charge in [0.1, 0.15) is 12.4 Å². The second-order valence-electron chi connectivity index (χ2n) is 8.71. The molecule has 2 heterocycles. The smallest absolute Gasteiger partial charge is 0.338 e. The summed E-state index contributed by atoms with van der Waals surface area (Å²) in [4.78, 5) is 17.5. The van der Waals surface area contributed by atoms with Gasteiger partial charge in [0.05, 0.1) is 44.2 Å². The monoisotopic (exact) mass is 511 g/mol. The number of anilines is 2. The van der Waals surface area contributed by atoms with E-state index in [0.717, 1.165) is 48.8 Å². The lowest BCUT2D eigenvalue weighted by molar-refractivity contribution is -0.140. The molecule has 0 bridgehead atoms. The number of nitrogens with one attached hydrogen (secondary N) is 1. The zero-order valence-corrected chi connectivity index (χ0v) is 22.0. The second-order valence-corrected chi connectivity index (χ2v) is 9.10. The van der Waals surface area contributed by atoms with Crippen molar-refractivity contribution in [3.8, 4) is 5.75 Å². The molecule has 0 spiro atoms. The SMILES string of the molecule is COCCOC(=O)C1=C(C)N(c2cc(C)ccc2OC)C(=S)NC1c1ccc(N2CCOCC2)cc1. The topological polar surface area (TPSA) is 72.5 Å². The number of carbonyl (C=O) groups is 1. The van der Waals surface area contributed by atoms with Crippen molar-refractivity contribution >= 4 is 34.7 Å². The van der Waals surface area contributed by atoms with Gasteiger partial charge in [-0.05, 0) is 61.5 Å². The van der Waals surface area contributed by atoms with Crippen LogP contribution >= 0.6 is 12.2 Å². The minimum atomic E-state index is -0.460. The lowest BCUT2D eigenvalue weighted by atomic mass is 9.94. The molecule has 9 heteroatoms. The van der Waals surface area contributed by atoms with Crippen LogP contribution in [0.1, 0.15) is 24.1 Å². The Morgan fingerprint density at radius 2 is 1.81 bits per heavy atom.